The highest BCUT2D eigenvalue weighted by Crippen LogP contribution is 2.42. The second-order valence-electron chi connectivity index (χ2n) is 11.6. The van der Waals surface area contributed by atoms with E-state index in [1.54, 1.807) is 4.40 Å². The molecule has 6 nitrogen and oxygen atoms in total. The predicted octanol–water partition coefficient (Wildman–Crippen LogP) is 8.81. The molecule has 0 aliphatic rings. The third kappa shape index (κ3) is 3.35. The number of para-hydroxylation sites is 2. The van der Waals surface area contributed by atoms with Crippen LogP contribution in [0.25, 0.3) is 88.5 Å². The zero-order valence-electron chi connectivity index (χ0n) is 24.4. The van der Waals surface area contributed by atoms with Crippen molar-refractivity contribution in [3.63, 3.8) is 0 Å². The van der Waals surface area contributed by atoms with Gasteiger partial charge in [0.25, 0.3) is 5.56 Å². The number of nitrogens with zero attached hydrogens (tertiary/aromatic N) is 5. The van der Waals surface area contributed by atoms with Crippen LogP contribution in [0.4, 0.5) is 0 Å². The summed E-state index contributed by atoms with van der Waals surface area (Å²) in [5.41, 5.74) is 7.08. The molecule has 0 saturated heterocycles. The number of pyridine rings is 1. The van der Waals surface area contributed by atoms with Crippen molar-refractivity contribution in [3.8, 4) is 28.6 Å². The van der Waals surface area contributed by atoms with Gasteiger partial charge in [-0.05, 0) is 29.7 Å². The van der Waals surface area contributed by atoms with E-state index in [9.17, 15) is 4.79 Å². The SMILES string of the molecule is O=c1c2ccccc2c2c3c4ccccc4n(-c4nc(-c5ccccc5)c5ccccc5n4)c3cc3nc(-c4ccccc4)n1c32. The molecule has 10 rings (SSSR count). The molecule has 6 heteroatoms. The van der Waals surface area contributed by atoms with Crippen molar-refractivity contribution in [2.24, 2.45) is 0 Å². The Morgan fingerprint density at radius 1 is 0.478 bits per heavy atom. The molecule has 0 unspecified atom stereocenters. The molecule has 0 fully saturated rings. The third-order valence-corrected chi connectivity index (χ3v) is 9.08. The first-order chi connectivity index (χ1) is 22.8. The van der Waals surface area contributed by atoms with Crippen molar-refractivity contribution in [2.75, 3.05) is 0 Å². The molecule has 0 aliphatic carbocycles. The van der Waals surface area contributed by atoms with Gasteiger partial charge in [0.15, 0.2) is 0 Å². The first kappa shape index (κ1) is 25.0. The van der Waals surface area contributed by atoms with Crippen molar-refractivity contribution in [1.29, 1.82) is 0 Å². The summed E-state index contributed by atoms with van der Waals surface area (Å²) in [6.45, 7) is 0. The molecule has 0 spiro atoms. The topological polar surface area (TPSA) is 65.1 Å². The van der Waals surface area contributed by atoms with Gasteiger partial charge in [-0.1, -0.05) is 115 Å². The third-order valence-electron chi connectivity index (χ3n) is 9.08. The molecule has 4 aromatic heterocycles. The summed E-state index contributed by atoms with van der Waals surface area (Å²) in [5, 5.41) is 5.66. The fourth-order valence-electron chi connectivity index (χ4n) is 7.13. The van der Waals surface area contributed by atoms with Gasteiger partial charge in [0, 0.05) is 38.1 Å². The Balaban J connectivity index is 1.42. The Morgan fingerprint density at radius 2 is 1.11 bits per heavy atom. The molecule has 0 radical (unpaired) electrons. The second kappa shape index (κ2) is 9.30. The van der Waals surface area contributed by atoms with E-state index in [2.05, 4.69) is 47.0 Å². The van der Waals surface area contributed by atoms with Gasteiger partial charge in [0.2, 0.25) is 5.95 Å². The van der Waals surface area contributed by atoms with Gasteiger partial charge in [-0.15, -0.1) is 0 Å². The summed E-state index contributed by atoms with van der Waals surface area (Å²) >= 11 is 0. The van der Waals surface area contributed by atoms with Crippen molar-refractivity contribution in [2.45, 2.75) is 0 Å². The number of rotatable bonds is 3. The summed E-state index contributed by atoms with van der Waals surface area (Å²) in [6.07, 6.45) is 0. The summed E-state index contributed by atoms with van der Waals surface area (Å²) in [5.74, 6) is 1.21. The van der Waals surface area contributed by atoms with Gasteiger partial charge in [-0.25, -0.2) is 15.0 Å². The molecule has 46 heavy (non-hydrogen) atoms. The standard InChI is InChI=1S/C40H23N5O/c46-39-27-18-8-7-17-26(27)35-34-29-20-10-12-22-32(29)44(33(34)23-31-37(35)45(39)38(41-31)25-15-5-2-6-16-25)40-42-30-21-11-9-19-28(30)36(43-40)24-13-3-1-4-14-24/h1-23H. The first-order valence-corrected chi connectivity index (χ1v) is 15.3. The number of imidazole rings is 1. The fraction of sp³-hybridized carbons (Fsp3) is 0. The Hall–Kier alpha value is -6.40. The Morgan fingerprint density at radius 3 is 1.89 bits per heavy atom. The van der Waals surface area contributed by atoms with Gasteiger partial charge in [0.1, 0.15) is 5.82 Å². The Bertz CT molecular complexity index is 2870. The molecule has 4 heterocycles. The summed E-state index contributed by atoms with van der Waals surface area (Å²) in [6, 6.07) is 46.7. The zero-order chi connectivity index (χ0) is 30.4. The maximum Gasteiger partial charge on any atom is 0.264 e. The number of aromatic nitrogens is 5. The lowest BCUT2D eigenvalue weighted by Crippen LogP contribution is -2.14. The average molecular weight is 590 g/mol. The molecule has 0 amide bonds. The van der Waals surface area contributed by atoms with Gasteiger partial charge in [-0.3, -0.25) is 13.8 Å². The highest BCUT2D eigenvalue weighted by Gasteiger charge is 2.25. The minimum absolute atomic E-state index is 0.0714. The zero-order valence-corrected chi connectivity index (χ0v) is 24.4. The molecular weight excluding hydrogens is 566 g/mol. The van der Waals surface area contributed by atoms with Crippen LogP contribution in [0.2, 0.25) is 0 Å². The van der Waals surface area contributed by atoms with Crippen LogP contribution in [0.3, 0.4) is 0 Å². The minimum Gasteiger partial charge on any atom is -0.278 e. The fourth-order valence-corrected chi connectivity index (χ4v) is 7.13. The lowest BCUT2D eigenvalue weighted by atomic mass is 10.0. The van der Waals surface area contributed by atoms with Crippen molar-refractivity contribution < 1.29 is 0 Å². The van der Waals surface area contributed by atoms with E-state index in [1.807, 2.05) is 97.1 Å². The van der Waals surface area contributed by atoms with Gasteiger partial charge < -0.3 is 0 Å². The smallest absolute Gasteiger partial charge is 0.264 e. The molecule has 10 aromatic rings. The lowest BCUT2D eigenvalue weighted by Gasteiger charge is -2.12. The van der Waals surface area contributed by atoms with Crippen LogP contribution in [0.15, 0.2) is 144 Å². The van der Waals surface area contributed by atoms with Crippen LogP contribution in [-0.4, -0.2) is 23.9 Å². The van der Waals surface area contributed by atoms with Gasteiger partial charge in [0.05, 0.1) is 33.3 Å². The molecule has 6 aromatic carbocycles. The summed E-state index contributed by atoms with van der Waals surface area (Å²) < 4.78 is 3.95. The van der Waals surface area contributed by atoms with E-state index >= 15 is 0 Å². The van der Waals surface area contributed by atoms with Crippen LogP contribution in [0.5, 0.6) is 0 Å². The summed E-state index contributed by atoms with van der Waals surface area (Å²) in [4.78, 5) is 29.7. The second-order valence-corrected chi connectivity index (χ2v) is 11.6. The van der Waals surface area contributed by atoms with Crippen molar-refractivity contribution in [1.82, 2.24) is 23.9 Å². The molecular formula is C40H23N5O. The molecule has 0 bridgehead atoms. The van der Waals surface area contributed by atoms with Crippen molar-refractivity contribution >= 4 is 59.9 Å². The van der Waals surface area contributed by atoms with E-state index in [-0.39, 0.29) is 5.56 Å². The molecule has 0 aliphatic heterocycles. The largest absolute Gasteiger partial charge is 0.278 e. The monoisotopic (exact) mass is 589 g/mol. The quantitative estimate of drug-likeness (QED) is 0.193. The maximum atomic E-state index is 14.2. The van der Waals surface area contributed by atoms with E-state index in [0.717, 1.165) is 71.3 Å². The maximum absolute atomic E-state index is 14.2. The van der Waals surface area contributed by atoms with Crippen LogP contribution in [-0.2, 0) is 0 Å². The lowest BCUT2D eigenvalue weighted by molar-refractivity contribution is 1.01. The van der Waals surface area contributed by atoms with E-state index in [4.69, 9.17) is 15.0 Å². The van der Waals surface area contributed by atoms with Crippen molar-refractivity contribution in [3.05, 3.63) is 150 Å². The van der Waals surface area contributed by atoms with Crippen LogP contribution >= 0.6 is 0 Å². The average Bonchev–Trinajstić information content (AvgIpc) is 3.67. The van der Waals surface area contributed by atoms with E-state index in [0.29, 0.717) is 17.2 Å². The molecule has 0 N–H and O–H groups in total. The molecule has 0 saturated carbocycles. The van der Waals surface area contributed by atoms with Gasteiger partial charge >= 0.3 is 0 Å². The number of hydrogen-bond acceptors (Lipinski definition) is 4. The highest BCUT2D eigenvalue weighted by atomic mass is 16.1. The Labute approximate surface area is 261 Å². The molecule has 214 valence electrons. The van der Waals surface area contributed by atoms with E-state index in [1.165, 1.54) is 0 Å². The number of fused-ring (bicyclic) bond motifs is 7. The normalized spacial score (nSPS) is 12.0. The first-order valence-electron chi connectivity index (χ1n) is 15.3. The minimum atomic E-state index is -0.0714. The predicted molar refractivity (Wildman–Crippen MR) is 186 cm³/mol. The van der Waals surface area contributed by atoms with Crippen LogP contribution < -0.4 is 5.56 Å². The van der Waals surface area contributed by atoms with Gasteiger partial charge in [-0.2, -0.15) is 0 Å². The van der Waals surface area contributed by atoms with E-state index < -0.39 is 0 Å². The Kier molecular flexibility index (Phi) is 5.05. The summed E-state index contributed by atoms with van der Waals surface area (Å²) in [7, 11) is 0. The van der Waals surface area contributed by atoms with Crippen LogP contribution in [0.1, 0.15) is 0 Å². The highest BCUT2D eigenvalue weighted by molar-refractivity contribution is 6.30. The molecule has 0 atom stereocenters. The number of benzene rings is 6. The number of hydrogen-bond donors (Lipinski definition) is 0. The van der Waals surface area contributed by atoms with Crippen LogP contribution in [0, 0.1) is 0 Å².